The summed E-state index contributed by atoms with van der Waals surface area (Å²) in [5.41, 5.74) is 1.15. The third-order valence-electron chi connectivity index (χ3n) is 4.42. The molecule has 3 rings (SSSR count). The predicted molar refractivity (Wildman–Crippen MR) is 109 cm³/mol. The molecule has 148 valence electrons. The Balaban J connectivity index is 1.91. The minimum Gasteiger partial charge on any atom is -0.495 e. The lowest BCUT2D eigenvalue weighted by Crippen LogP contribution is -2.25. The van der Waals surface area contributed by atoms with Crippen molar-refractivity contribution >= 4 is 10.9 Å². The largest absolute Gasteiger partial charge is 0.495 e. The lowest BCUT2D eigenvalue weighted by atomic mass is 10.2. The number of hydrogen-bond donors (Lipinski definition) is 0. The smallest absolute Gasteiger partial charge is 0.266 e. The van der Waals surface area contributed by atoms with Crippen molar-refractivity contribution in [2.24, 2.45) is 0 Å². The Morgan fingerprint density at radius 1 is 0.964 bits per heavy atom. The average Bonchev–Trinajstić information content (AvgIpc) is 2.73. The number of para-hydroxylation sites is 3. The SMILES string of the molecule is CCCCOCCOCc1nc2ccccc2c(=O)n1-c1ccccc1OC. The molecule has 0 bridgehead atoms. The molecule has 0 amide bonds. The Kier molecular flexibility index (Phi) is 7.17. The molecule has 0 aliphatic heterocycles. The van der Waals surface area contributed by atoms with Gasteiger partial charge >= 0.3 is 0 Å². The number of unbranched alkanes of at least 4 members (excludes halogenated alkanes) is 1. The minimum atomic E-state index is -0.145. The van der Waals surface area contributed by atoms with Gasteiger partial charge in [0.1, 0.15) is 18.2 Å². The van der Waals surface area contributed by atoms with Crippen LogP contribution >= 0.6 is 0 Å². The number of aromatic nitrogens is 2. The Bertz CT molecular complexity index is 968. The molecule has 0 N–H and O–H groups in total. The fourth-order valence-corrected chi connectivity index (χ4v) is 2.97. The molecule has 0 saturated heterocycles. The molecule has 0 unspecified atom stereocenters. The van der Waals surface area contributed by atoms with Gasteiger partial charge in [0.25, 0.3) is 5.56 Å². The maximum Gasteiger partial charge on any atom is 0.266 e. The van der Waals surface area contributed by atoms with Gasteiger partial charge in [0.2, 0.25) is 0 Å². The normalized spacial score (nSPS) is 11.1. The highest BCUT2D eigenvalue weighted by Crippen LogP contribution is 2.23. The van der Waals surface area contributed by atoms with Crippen molar-refractivity contribution in [2.75, 3.05) is 26.9 Å². The first kappa shape index (κ1) is 20.0. The van der Waals surface area contributed by atoms with Crippen molar-refractivity contribution in [3.8, 4) is 11.4 Å². The Hall–Kier alpha value is -2.70. The Labute approximate surface area is 164 Å². The number of nitrogens with zero attached hydrogens (tertiary/aromatic N) is 2. The fourth-order valence-electron chi connectivity index (χ4n) is 2.97. The first-order chi connectivity index (χ1) is 13.8. The van der Waals surface area contributed by atoms with E-state index in [-0.39, 0.29) is 12.2 Å². The summed E-state index contributed by atoms with van der Waals surface area (Å²) < 4.78 is 18.3. The van der Waals surface area contributed by atoms with E-state index in [0.717, 1.165) is 19.4 Å². The van der Waals surface area contributed by atoms with Gasteiger partial charge in [-0.2, -0.15) is 0 Å². The summed E-state index contributed by atoms with van der Waals surface area (Å²) in [5, 5.41) is 0.556. The van der Waals surface area contributed by atoms with E-state index in [2.05, 4.69) is 11.9 Å². The molecule has 0 spiro atoms. The van der Waals surface area contributed by atoms with E-state index in [0.29, 0.717) is 41.4 Å². The van der Waals surface area contributed by atoms with Crippen LogP contribution in [0.3, 0.4) is 0 Å². The maximum atomic E-state index is 13.2. The minimum absolute atomic E-state index is 0.145. The van der Waals surface area contributed by atoms with E-state index < -0.39 is 0 Å². The van der Waals surface area contributed by atoms with Crippen LogP contribution in [0, 0.1) is 0 Å². The van der Waals surface area contributed by atoms with Crippen molar-refractivity contribution in [3.63, 3.8) is 0 Å². The van der Waals surface area contributed by atoms with Gasteiger partial charge in [0, 0.05) is 6.61 Å². The van der Waals surface area contributed by atoms with Crippen molar-refractivity contribution in [3.05, 3.63) is 64.7 Å². The molecular formula is C22H26N2O4. The van der Waals surface area contributed by atoms with E-state index in [1.807, 2.05) is 42.5 Å². The molecule has 6 nitrogen and oxygen atoms in total. The van der Waals surface area contributed by atoms with Gasteiger partial charge < -0.3 is 14.2 Å². The van der Waals surface area contributed by atoms with Gasteiger partial charge in [0.05, 0.1) is 36.9 Å². The zero-order valence-electron chi connectivity index (χ0n) is 16.4. The van der Waals surface area contributed by atoms with E-state index in [1.54, 1.807) is 17.7 Å². The number of benzene rings is 2. The monoisotopic (exact) mass is 382 g/mol. The summed E-state index contributed by atoms with van der Waals surface area (Å²) >= 11 is 0. The van der Waals surface area contributed by atoms with Crippen LogP contribution in [0.25, 0.3) is 16.6 Å². The summed E-state index contributed by atoms with van der Waals surface area (Å²) in [6.45, 7) is 4.03. The number of ether oxygens (including phenoxy) is 3. The van der Waals surface area contributed by atoms with E-state index in [1.165, 1.54) is 0 Å². The van der Waals surface area contributed by atoms with E-state index in [9.17, 15) is 4.79 Å². The van der Waals surface area contributed by atoms with Crippen LogP contribution in [-0.2, 0) is 16.1 Å². The second kappa shape index (κ2) is 10.0. The first-order valence-corrected chi connectivity index (χ1v) is 9.55. The molecular weight excluding hydrogens is 356 g/mol. The summed E-state index contributed by atoms with van der Waals surface area (Å²) in [7, 11) is 1.59. The van der Waals surface area contributed by atoms with Crippen molar-refractivity contribution in [2.45, 2.75) is 26.4 Å². The van der Waals surface area contributed by atoms with Gasteiger partial charge in [-0.3, -0.25) is 9.36 Å². The molecule has 6 heteroatoms. The van der Waals surface area contributed by atoms with E-state index in [4.69, 9.17) is 14.2 Å². The Morgan fingerprint density at radius 3 is 2.54 bits per heavy atom. The molecule has 0 saturated carbocycles. The molecule has 1 heterocycles. The third-order valence-corrected chi connectivity index (χ3v) is 4.42. The van der Waals surface area contributed by atoms with Gasteiger partial charge in [0.15, 0.2) is 0 Å². The van der Waals surface area contributed by atoms with Crippen LogP contribution in [0.4, 0.5) is 0 Å². The number of methoxy groups -OCH3 is 1. The quantitative estimate of drug-likeness (QED) is 0.500. The van der Waals surface area contributed by atoms with Crippen LogP contribution in [0.15, 0.2) is 53.3 Å². The molecule has 28 heavy (non-hydrogen) atoms. The zero-order valence-corrected chi connectivity index (χ0v) is 16.4. The summed E-state index contributed by atoms with van der Waals surface area (Å²) in [4.78, 5) is 17.9. The molecule has 0 aliphatic rings. The highest BCUT2D eigenvalue weighted by Gasteiger charge is 2.15. The van der Waals surface area contributed by atoms with Crippen LogP contribution in [0.2, 0.25) is 0 Å². The molecule has 0 aliphatic carbocycles. The second-order valence-electron chi connectivity index (χ2n) is 6.38. The fraction of sp³-hybridized carbons (Fsp3) is 0.364. The predicted octanol–water partition coefficient (Wildman–Crippen LogP) is 3.73. The van der Waals surface area contributed by atoms with Gasteiger partial charge in [-0.05, 0) is 30.7 Å². The highest BCUT2D eigenvalue weighted by atomic mass is 16.5. The summed E-state index contributed by atoms with van der Waals surface area (Å²) in [6.07, 6.45) is 2.15. The van der Waals surface area contributed by atoms with Gasteiger partial charge in [-0.1, -0.05) is 37.6 Å². The van der Waals surface area contributed by atoms with Crippen LogP contribution in [-0.4, -0.2) is 36.5 Å². The van der Waals surface area contributed by atoms with Gasteiger partial charge in [-0.15, -0.1) is 0 Å². The lowest BCUT2D eigenvalue weighted by Gasteiger charge is -2.16. The van der Waals surface area contributed by atoms with Gasteiger partial charge in [-0.25, -0.2) is 4.98 Å². The highest BCUT2D eigenvalue weighted by molar-refractivity contribution is 5.78. The molecule has 0 radical (unpaired) electrons. The maximum absolute atomic E-state index is 13.2. The average molecular weight is 382 g/mol. The van der Waals surface area contributed by atoms with Crippen LogP contribution in [0.1, 0.15) is 25.6 Å². The molecule has 3 aromatic rings. The Morgan fingerprint density at radius 2 is 1.71 bits per heavy atom. The lowest BCUT2D eigenvalue weighted by molar-refractivity contribution is 0.0368. The summed E-state index contributed by atoms with van der Waals surface area (Å²) in [6, 6.07) is 14.7. The summed E-state index contributed by atoms with van der Waals surface area (Å²) in [5.74, 6) is 1.13. The standard InChI is InChI=1S/C22H26N2O4/c1-3-4-13-27-14-15-28-16-21-23-18-10-6-5-9-17(18)22(25)24(21)19-11-7-8-12-20(19)26-2/h5-12H,3-4,13-16H2,1-2H3. The van der Waals surface area contributed by atoms with E-state index >= 15 is 0 Å². The van der Waals surface area contributed by atoms with Crippen molar-refractivity contribution in [1.29, 1.82) is 0 Å². The van der Waals surface area contributed by atoms with Crippen molar-refractivity contribution < 1.29 is 14.2 Å². The second-order valence-corrected chi connectivity index (χ2v) is 6.38. The van der Waals surface area contributed by atoms with Crippen molar-refractivity contribution in [1.82, 2.24) is 9.55 Å². The molecule has 1 aromatic heterocycles. The number of rotatable bonds is 10. The number of fused-ring (bicyclic) bond motifs is 1. The molecule has 0 fully saturated rings. The molecule has 2 aromatic carbocycles. The molecule has 0 atom stereocenters. The third kappa shape index (κ3) is 4.58. The number of hydrogen-bond acceptors (Lipinski definition) is 5. The first-order valence-electron chi connectivity index (χ1n) is 9.55. The van der Waals surface area contributed by atoms with Crippen LogP contribution in [0.5, 0.6) is 5.75 Å². The van der Waals surface area contributed by atoms with Crippen LogP contribution < -0.4 is 10.3 Å². The zero-order chi connectivity index (χ0) is 19.8. The topological polar surface area (TPSA) is 62.6 Å².